The minimum Gasteiger partial charge on any atom is -0.391 e. The molecule has 2 fully saturated rings. The summed E-state index contributed by atoms with van der Waals surface area (Å²) in [7, 11) is 0. The van der Waals surface area contributed by atoms with E-state index in [-0.39, 0.29) is 11.5 Å². The van der Waals surface area contributed by atoms with Crippen molar-refractivity contribution in [2.45, 2.75) is 58.6 Å². The highest BCUT2D eigenvalue weighted by atomic mass is 16.3. The molecule has 2 rings (SSSR count). The molecule has 0 aromatic carbocycles. The molecule has 2 aliphatic carbocycles. The largest absolute Gasteiger partial charge is 0.391 e. The number of hydrogen-bond acceptors (Lipinski definition) is 2. The van der Waals surface area contributed by atoms with E-state index in [9.17, 15) is 5.11 Å². The number of rotatable bonds is 5. The fourth-order valence-corrected chi connectivity index (χ4v) is 1.94. The van der Waals surface area contributed by atoms with Crippen molar-refractivity contribution in [1.82, 2.24) is 4.90 Å². The van der Waals surface area contributed by atoms with E-state index in [1.807, 2.05) is 0 Å². The summed E-state index contributed by atoms with van der Waals surface area (Å²) in [5, 5.41) is 10.1. The van der Waals surface area contributed by atoms with E-state index in [4.69, 9.17) is 0 Å². The summed E-state index contributed by atoms with van der Waals surface area (Å²) < 4.78 is 0. The highest BCUT2D eigenvalue weighted by Crippen LogP contribution is 2.35. The summed E-state index contributed by atoms with van der Waals surface area (Å²) in [4.78, 5) is 2.54. The van der Waals surface area contributed by atoms with Gasteiger partial charge < -0.3 is 5.11 Å². The van der Waals surface area contributed by atoms with E-state index < -0.39 is 0 Å². The Kier molecular flexibility index (Phi) is 3.09. The van der Waals surface area contributed by atoms with Gasteiger partial charge in [0.05, 0.1) is 6.10 Å². The Morgan fingerprint density at radius 2 is 1.80 bits per heavy atom. The normalized spacial score (nSPS) is 24.6. The molecule has 1 unspecified atom stereocenters. The van der Waals surface area contributed by atoms with E-state index in [1.54, 1.807) is 0 Å². The first-order chi connectivity index (χ1) is 6.97. The van der Waals surface area contributed by atoms with Crippen molar-refractivity contribution >= 4 is 0 Å². The molecule has 0 bridgehead atoms. The maximum absolute atomic E-state index is 10.1. The Balaban J connectivity index is 1.82. The number of aliphatic hydroxyl groups excluding tert-OH is 1. The van der Waals surface area contributed by atoms with Crippen LogP contribution >= 0.6 is 0 Å². The Hall–Kier alpha value is -0.0800. The van der Waals surface area contributed by atoms with Crippen LogP contribution in [-0.4, -0.2) is 35.2 Å². The van der Waals surface area contributed by atoms with Crippen molar-refractivity contribution in [2.75, 3.05) is 13.1 Å². The van der Waals surface area contributed by atoms with Crippen LogP contribution in [0.4, 0.5) is 0 Å². The summed E-state index contributed by atoms with van der Waals surface area (Å²) in [6.07, 6.45) is 5.34. The first kappa shape index (κ1) is 11.4. The molecule has 1 N–H and O–H groups in total. The summed E-state index contributed by atoms with van der Waals surface area (Å²) in [5.41, 5.74) is 0.0245. The molecular formula is C13H25NO. The second kappa shape index (κ2) is 4.06. The van der Waals surface area contributed by atoms with Gasteiger partial charge in [0.25, 0.3) is 0 Å². The van der Waals surface area contributed by atoms with Crippen LogP contribution in [0.15, 0.2) is 0 Å². The van der Waals surface area contributed by atoms with Crippen molar-refractivity contribution in [1.29, 1.82) is 0 Å². The van der Waals surface area contributed by atoms with Gasteiger partial charge in [-0.1, -0.05) is 20.8 Å². The van der Waals surface area contributed by atoms with Gasteiger partial charge in [0.1, 0.15) is 0 Å². The van der Waals surface area contributed by atoms with Crippen molar-refractivity contribution in [3.63, 3.8) is 0 Å². The topological polar surface area (TPSA) is 23.5 Å². The predicted molar refractivity (Wildman–Crippen MR) is 62.8 cm³/mol. The van der Waals surface area contributed by atoms with E-state index in [2.05, 4.69) is 25.7 Å². The zero-order valence-corrected chi connectivity index (χ0v) is 10.4. The van der Waals surface area contributed by atoms with Gasteiger partial charge in [-0.15, -0.1) is 0 Å². The van der Waals surface area contributed by atoms with Crippen LogP contribution in [0, 0.1) is 11.3 Å². The van der Waals surface area contributed by atoms with Gasteiger partial charge >= 0.3 is 0 Å². The highest BCUT2D eigenvalue weighted by Gasteiger charge is 2.36. The van der Waals surface area contributed by atoms with Gasteiger partial charge in [-0.2, -0.15) is 0 Å². The SMILES string of the molecule is CC(C)(C)C(O)CN(CC1CC1)C1CC1. The molecule has 0 amide bonds. The van der Waals surface area contributed by atoms with Crippen LogP contribution in [-0.2, 0) is 0 Å². The molecule has 0 saturated heterocycles. The maximum Gasteiger partial charge on any atom is 0.0715 e. The molecule has 88 valence electrons. The molecule has 2 aliphatic rings. The minimum absolute atomic E-state index is 0.0245. The lowest BCUT2D eigenvalue weighted by Crippen LogP contribution is -2.41. The Morgan fingerprint density at radius 1 is 1.20 bits per heavy atom. The second-order valence-corrected chi connectivity index (χ2v) is 6.51. The third-order valence-electron chi connectivity index (χ3n) is 3.66. The molecule has 2 nitrogen and oxygen atoms in total. The predicted octanol–water partition coefficient (Wildman–Crippen LogP) is 2.27. The molecule has 2 heteroatoms. The van der Waals surface area contributed by atoms with Gasteiger partial charge in [-0.05, 0) is 37.0 Å². The summed E-state index contributed by atoms with van der Waals surface area (Å²) >= 11 is 0. The standard InChI is InChI=1S/C13H25NO/c1-13(2,3)12(15)9-14(11-6-7-11)8-10-4-5-10/h10-12,15H,4-9H2,1-3H3. The molecule has 0 aliphatic heterocycles. The van der Waals surface area contributed by atoms with Crippen LogP contribution < -0.4 is 0 Å². The van der Waals surface area contributed by atoms with Crippen LogP contribution in [0.3, 0.4) is 0 Å². The zero-order chi connectivity index (χ0) is 11.1. The molecule has 0 spiro atoms. The maximum atomic E-state index is 10.1. The van der Waals surface area contributed by atoms with Crippen molar-refractivity contribution in [3.05, 3.63) is 0 Å². The van der Waals surface area contributed by atoms with E-state index in [0.717, 1.165) is 18.5 Å². The molecule has 0 heterocycles. The molecule has 15 heavy (non-hydrogen) atoms. The zero-order valence-electron chi connectivity index (χ0n) is 10.4. The second-order valence-electron chi connectivity index (χ2n) is 6.51. The fraction of sp³-hybridized carbons (Fsp3) is 1.00. The molecule has 0 radical (unpaired) electrons. The summed E-state index contributed by atoms with van der Waals surface area (Å²) in [6, 6.07) is 0.794. The number of nitrogens with zero attached hydrogens (tertiary/aromatic N) is 1. The van der Waals surface area contributed by atoms with Crippen LogP contribution in [0.2, 0.25) is 0 Å². The average molecular weight is 211 g/mol. The monoisotopic (exact) mass is 211 g/mol. The lowest BCUT2D eigenvalue weighted by atomic mass is 9.89. The minimum atomic E-state index is -0.183. The van der Waals surface area contributed by atoms with Crippen molar-refractivity contribution < 1.29 is 5.11 Å². The average Bonchev–Trinajstić information content (AvgIpc) is 2.97. The van der Waals surface area contributed by atoms with Crippen molar-refractivity contribution in [2.24, 2.45) is 11.3 Å². The third kappa shape index (κ3) is 3.46. The van der Waals surface area contributed by atoms with Gasteiger partial charge in [0.2, 0.25) is 0 Å². The quantitative estimate of drug-likeness (QED) is 0.754. The van der Waals surface area contributed by atoms with Gasteiger partial charge in [0, 0.05) is 19.1 Å². The lowest BCUT2D eigenvalue weighted by molar-refractivity contribution is 0.0247. The van der Waals surface area contributed by atoms with E-state index in [1.165, 1.54) is 32.2 Å². The first-order valence-corrected chi connectivity index (χ1v) is 6.39. The first-order valence-electron chi connectivity index (χ1n) is 6.39. The third-order valence-corrected chi connectivity index (χ3v) is 3.66. The number of hydrogen-bond donors (Lipinski definition) is 1. The van der Waals surface area contributed by atoms with Gasteiger partial charge in [-0.3, -0.25) is 4.90 Å². The molecule has 0 aromatic rings. The van der Waals surface area contributed by atoms with Crippen molar-refractivity contribution in [3.8, 4) is 0 Å². The van der Waals surface area contributed by atoms with E-state index in [0.29, 0.717) is 0 Å². The van der Waals surface area contributed by atoms with Gasteiger partial charge in [0.15, 0.2) is 0 Å². The molecular weight excluding hydrogens is 186 g/mol. The van der Waals surface area contributed by atoms with E-state index >= 15 is 0 Å². The summed E-state index contributed by atoms with van der Waals surface area (Å²) in [6.45, 7) is 8.49. The smallest absolute Gasteiger partial charge is 0.0715 e. The Morgan fingerprint density at radius 3 is 2.20 bits per heavy atom. The van der Waals surface area contributed by atoms with Crippen LogP contribution in [0.1, 0.15) is 46.5 Å². The highest BCUT2D eigenvalue weighted by molar-refractivity contribution is 4.90. The molecule has 0 aromatic heterocycles. The van der Waals surface area contributed by atoms with Crippen LogP contribution in [0.5, 0.6) is 0 Å². The summed E-state index contributed by atoms with van der Waals surface area (Å²) in [5.74, 6) is 0.942. The Bertz CT molecular complexity index is 213. The van der Waals surface area contributed by atoms with Gasteiger partial charge in [-0.25, -0.2) is 0 Å². The molecule has 2 saturated carbocycles. The number of aliphatic hydroxyl groups is 1. The fourth-order valence-electron chi connectivity index (χ4n) is 1.94. The lowest BCUT2D eigenvalue weighted by Gasteiger charge is -2.32. The van der Waals surface area contributed by atoms with Crippen LogP contribution in [0.25, 0.3) is 0 Å². The molecule has 1 atom stereocenters. The Labute approximate surface area is 93.7 Å².